The molecule has 1 aliphatic carbocycles. The SMILES string of the molecule is CCCCC1CCC(C#Cc2ccc(-c3ccc(CCC)cc3)cc2)CC1. The summed E-state index contributed by atoms with van der Waals surface area (Å²) in [7, 11) is 0. The molecule has 1 aliphatic rings. The summed E-state index contributed by atoms with van der Waals surface area (Å²) in [4.78, 5) is 0. The van der Waals surface area contributed by atoms with Crippen LogP contribution in [0.15, 0.2) is 48.5 Å². The van der Waals surface area contributed by atoms with Crippen molar-refractivity contribution in [1.82, 2.24) is 0 Å². The van der Waals surface area contributed by atoms with Gasteiger partial charge >= 0.3 is 0 Å². The van der Waals surface area contributed by atoms with Crippen LogP contribution >= 0.6 is 0 Å². The van der Waals surface area contributed by atoms with Crippen molar-refractivity contribution in [1.29, 1.82) is 0 Å². The van der Waals surface area contributed by atoms with Gasteiger partial charge in [-0.2, -0.15) is 0 Å². The average molecular weight is 359 g/mol. The van der Waals surface area contributed by atoms with Gasteiger partial charge in [-0.1, -0.05) is 87.8 Å². The van der Waals surface area contributed by atoms with Gasteiger partial charge in [-0.25, -0.2) is 0 Å². The predicted octanol–water partition coefficient (Wildman–Crippen LogP) is 7.65. The Hall–Kier alpha value is -2.00. The molecular weight excluding hydrogens is 324 g/mol. The van der Waals surface area contributed by atoms with E-state index in [0.29, 0.717) is 5.92 Å². The van der Waals surface area contributed by atoms with Gasteiger partial charge in [-0.15, -0.1) is 0 Å². The molecule has 1 saturated carbocycles. The van der Waals surface area contributed by atoms with E-state index in [1.807, 2.05) is 0 Å². The number of hydrogen-bond donors (Lipinski definition) is 0. The van der Waals surface area contributed by atoms with Gasteiger partial charge in [0.05, 0.1) is 0 Å². The standard InChI is InChI=1S/C27H34/c1-3-5-7-23-8-10-24(11-9-23)12-13-25-16-20-27(21-17-25)26-18-14-22(6-4-2)15-19-26/h14-21,23-24H,3-11H2,1-2H3. The third-order valence-corrected chi connectivity index (χ3v) is 5.94. The molecule has 1 fully saturated rings. The molecule has 0 radical (unpaired) electrons. The number of hydrogen-bond acceptors (Lipinski definition) is 0. The van der Waals surface area contributed by atoms with Crippen molar-refractivity contribution in [3.8, 4) is 23.0 Å². The molecule has 0 heterocycles. The highest BCUT2D eigenvalue weighted by molar-refractivity contribution is 5.64. The summed E-state index contributed by atoms with van der Waals surface area (Å²) in [5, 5.41) is 0. The summed E-state index contributed by atoms with van der Waals surface area (Å²) < 4.78 is 0. The second kappa shape index (κ2) is 10.4. The third-order valence-electron chi connectivity index (χ3n) is 5.94. The second-order valence-corrected chi connectivity index (χ2v) is 8.15. The highest BCUT2D eigenvalue weighted by Crippen LogP contribution is 2.31. The van der Waals surface area contributed by atoms with Crippen LogP contribution in [0.1, 0.15) is 76.3 Å². The van der Waals surface area contributed by atoms with Crippen LogP contribution in [-0.4, -0.2) is 0 Å². The Morgan fingerprint density at radius 2 is 1.41 bits per heavy atom. The first kappa shape index (κ1) is 19.8. The zero-order chi connectivity index (χ0) is 18.9. The highest BCUT2D eigenvalue weighted by Gasteiger charge is 2.19. The second-order valence-electron chi connectivity index (χ2n) is 8.15. The molecular formula is C27H34. The van der Waals surface area contributed by atoms with Crippen molar-refractivity contribution in [3.63, 3.8) is 0 Å². The summed E-state index contributed by atoms with van der Waals surface area (Å²) >= 11 is 0. The lowest BCUT2D eigenvalue weighted by Crippen LogP contribution is -2.13. The Morgan fingerprint density at radius 1 is 0.778 bits per heavy atom. The van der Waals surface area contributed by atoms with Crippen molar-refractivity contribution in [2.45, 2.75) is 71.6 Å². The molecule has 0 unspecified atom stereocenters. The lowest BCUT2D eigenvalue weighted by molar-refractivity contribution is 0.296. The molecule has 0 amide bonds. The van der Waals surface area contributed by atoms with Gasteiger partial charge in [0.2, 0.25) is 0 Å². The Balaban J connectivity index is 1.55. The Kier molecular flexibility index (Phi) is 7.58. The van der Waals surface area contributed by atoms with Crippen molar-refractivity contribution < 1.29 is 0 Å². The summed E-state index contributed by atoms with van der Waals surface area (Å²) in [5.74, 6) is 8.54. The fraction of sp³-hybridized carbons (Fsp3) is 0.481. The predicted molar refractivity (Wildman–Crippen MR) is 118 cm³/mol. The van der Waals surface area contributed by atoms with Crippen molar-refractivity contribution in [2.24, 2.45) is 11.8 Å². The minimum atomic E-state index is 0.605. The minimum absolute atomic E-state index is 0.605. The number of aryl methyl sites for hydroxylation is 1. The van der Waals surface area contributed by atoms with E-state index < -0.39 is 0 Å². The molecule has 2 aromatic rings. The molecule has 0 aromatic heterocycles. The van der Waals surface area contributed by atoms with Crippen LogP contribution < -0.4 is 0 Å². The van der Waals surface area contributed by atoms with Gasteiger partial charge in [0.15, 0.2) is 0 Å². The zero-order valence-electron chi connectivity index (χ0n) is 17.1. The topological polar surface area (TPSA) is 0 Å². The van der Waals surface area contributed by atoms with Crippen LogP contribution in [-0.2, 0) is 6.42 Å². The van der Waals surface area contributed by atoms with Crippen molar-refractivity contribution >= 4 is 0 Å². The van der Waals surface area contributed by atoms with E-state index in [9.17, 15) is 0 Å². The maximum absolute atomic E-state index is 3.55. The lowest BCUT2D eigenvalue weighted by atomic mass is 9.80. The van der Waals surface area contributed by atoms with E-state index in [2.05, 4.69) is 74.2 Å². The summed E-state index contributed by atoms with van der Waals surface area (Å²) in [6, 6.07) is 17.8. The van der Waals surface area contributed by atoms with Crippen LogP contribution in [0.25, 0.3) is 11.1 Å². The average Bonchev–Trinajstić information content (AvgIpc) is 2.73. The minimum Gasteiger partial charge on any atom is -0.0945 e. The third kappa shape index (κ3) is 6.00. The molecule has 27 heavy (non-hydrogen) atoms. The van der Waals surface area contributed by atoms with Gasteiger partial charge in [0.1, 0.15) is 0 Å². The number of unbranched alkanes of at least 4 members (excludes halogenated alkanes) is 1. The van der Waals surface area contributed by atoms with Crippen molar-refractivity contribution in [3.05, 3.63) is 59.7 Å². The Morgan fingerprint density at radius 3 is 2.00 bits per heavy atom. The summed E-state index contributed by atoms with van der Waals surface area (Å²) in [6.07, 6.45) is 11.9. The molecule has 3 rings (SSSR count). The van der Waals surface area contributed by atoms with Gasteiger partial charge in [0.25, 0.3) is 0 Å². The molecule has 2 aromatic carbocycles. The molecule has 0 spiro atoms. The fourth-order valence-electron chi connectivity index (χ4n) is 4.17. The molecule has 0 bridgehead atoms. The van der Waals surface area contributed by atoms with Gasteiger partial charge in [-0.3, -0.25) is 0 Å². The largest absolute Gasteiger partial charge is 0.0945 e. The van der Waals surface area contributed by atoms with Crippen LogP contribution in [0.3, 0.4) is 0 Å². The molecule has 0 saturated heterocycles. The van der Waals surface area contributed by atoms with E-state index in [0.717, 1.165) is 17.9 Å². The van der Waals surface area contributed by atoms with E-state index in [-0.39, 0.29) is 0 Å². The van der Waals surface area contributed by atoms with Gasteiger partial charge in [0, 0.05) is 11.5 Å². The molecule has 142 valence electrons. The highest BCUT2D eigenvalue weighted by atomic mass is 14.2. The van der Waals surface area contributed by atoms with Gasteiger partial charge < -0.3 is 0 Å². The van der Waals surface area contributed by atoms with Crippen LogP contribution in [0.2, 0.25) is 0 Å². The summed E-state index contributed by atoms with van der Waals surface area (Å²) in [6.45, 7) is 4.52. The quantitative estimate of drug-likeness (QED) is 0.465. The van der Waals surface area contributed by atoms with Gasteiger partial charge in [-0.05, 0) is 66.8 Å². The zero-order valence-corrected chi connectivity index (χ0v) is 17.1. The Labute approximate surface area is 166 Å². The van der Waals surface area contributed by atoms with E-state index >= 15 is 0 Å². The maximum Gasteiger partial charge on any atom is 0.0245 e. The van der Waals surface area contributed by atoms with Crippen LogP contribution in [0.4, 0.5) is 0 Å². The normalized spacial score (nSPS) is 19.3. The first-order valence-electron chi connectivity index (χ1n) is 11.0. The van der Waals surface area contributed by atoms with Crippen molar-refractivity contribution in [2.75, 3.05) is 0 Å². The molecule has 0 aliphatic heterocycles. The number of rotatable bonds is 6. The maximum atomic E-state index is 3.55. The number of benzene rings is 2. The smallest absolute Gasteiger partial charge is 0.0245 e. The van der Waals surface area contributed by atoms with E-state index in [1.165, 1.54) is 68.1 Å². The molecule has 0 nitrogen and oxygen atoms in total. The molecule has 0 heteroatoms. The first-order valence-corrected chi connectivity index (χ1v) is 11.0. The fourth-order valence-corrected chi connectivity index (χ4v) is 4.17. The first-order chi connectivity index (χ1) is 13.3. The van der Waals surface area contributed by atoms with E-state index in [4.69, 9.17) is 0 Å². The van der Waals surface area contributed by atoms with Crippen LogP contribution in [0.5, 0.6) is 0 Å². The van der Waals surface area contributed by atoms with Crippen LogP contribution in [0, 0.1) is 23.7 Å². The summed E-state index contributed by atoms with van der Waals surface area (Å²) in [5.41, 5.74) is 5.14. The molecule has 0 N–H and O–H groups in total. The molecule has 0 atom stereocenters. The Bertz CT molecular complexity index is 731. The monoisotopic (exact) mass is 358 g/mol. The van der Waals surface area contributed by atoms with E-state index in [1.54, 1.807) is 0 Å². The lowest BCUT2D eigenvalue weighted by Gasteiger charge is -2.25.